The summed E-state index contributed by atoms with van der Waals surface area (Å²) in [6, 6.07) is 22.3. The fourth-order valence-electron chi connectivity index (χ4n) is 3.82. The number of aromatic nitrogens is 2. The summed E-state index contributed by atoms with van der Waals surface area (Å²) >= 11 is 1.68. The van der Waals surface area contributed by atoms with Gasteiger partial charge >= 0.3 is 0 Å². The van der Waals surface area contributed by atoms with Gasteiger partial charge in [0, 0.05) is 64.8 Å². The Balaban J connectivity index is 1.46. The van der Waals surface area contributed by atoms with Crippen molar-refractivity contribution in [2.24, 2.45) is 0 Å². The van der Waals surface area contributed by atoms with Gasteiger partial charge in [-0.3, -0.25) is 4.98 Å². The molecule has 2 aromatic carbocycles. The van der Waals surface area contributed by atoms with Gasteiger partial charge in [-0.05, 0) is 67.7 Å². The van der Waals surface area contributed by atoms with E-state index in [1.165, 1.54) is 4.90 Å². The average Bonchev–Trinajstić information content (AvgIpc) is 2.92. The SMILES string of the molecule is C=C(Nc1ccc(N(C)CCN(C)C)nc1)C(=C)c1cc(-c2cncc(Sc3ccccc3)c2)ccc1N. The molecule has 38 heavy (non-hydrogen) atoms. The van der Waals surface area contributed by atoms with Crippen LogP contribution in [0.15, 0.2) is 114 Å². The molecule has 194 valence electrons. The maximum Gasteiger partial charge on any atom is 0.128 e. The standard InChI is InChI=1S/C31H34N6S/c1-22(23(2)35-26-12-14-31(34-20-26)37(5)16-15-36(3)4)29-18-24(11-13-30(29)32)25-17-28(21-33-19-25)38-27-9-7-6-8-10-27/h6-14,17-21,35H,1-2,15-16,32H2,3-5H3. The molecule has 0 fully saturated rings. The number of hydrogen-bond donors (Lipinski definition) is 2. The van der Waals surface area contributed by atoms with E-state index in [-0.39, 0.29) is 0 Å². The summed E-state index contributed by atoms with van der Waals surface area (Å²) in [5.41, 5.74) is 12.1. The van der Waals surface area contributed by atoms with Gasteiger partial charge in [0.15, 0.2) is 0 Å². The fraction of sp³-hybridized carbons (Fsp3) is 0.161. The number of nitrogen functional groups attached to an aromatic ring is 1. The zero-order valence-electron chi connectivity index (χ0n) is 22.2. The predicted octanol–water partition coefficient (Wildman–Crippen LogP) is 6.51. The molecule has 0 radical (unpaired) electrons. The van der Waals surface area contributed by atoms with Crippen molar-refractivity contribution in [1.29, 1.82) is 0 Å². The number of nitrogens with zero attached hydrogens (tertiary/aromatic N) is 4. The molecule has 0 unspecified atom stereocenters. The Morgan fingerprint density at radius 3 is 2.37 bits per heavy atom. The third-order valence-electron chi connectivity index (χ3n) is 6.08. The Kier molecular flexibility index (Phi) is 8.84. The Morgan fingerprint density at radius 2 is 1.66 bits per heavy atom. The first-order chi connectivity index (χ1) is 18.3. The summed E-state index contributed by atoms with van der Waals surface area (Å²) in [6.07, 6.45) is 5.55. The number of pyridine rings is 2. The molecule has 2 heterocycles. The maximum absolute atomic E-state index is 6.36. The van der Waals surface area contributed by atoms with Crippen LogP contribution in [-0.2, 0) is 0 Å². The first-order valence-corrected chi connectivity index (χ1v) is 13.2. The largest absolute Gasteiger partial charge is 0.398 e. The van der Waals surface area contributed by atoms with Crippen molar-refractivity contribution in [1.82, 2.24) is 14.9 Å². The number of rotatable bonds is 11. The van der Waals surface area contributed by atoms with Crippen molar-refractivity contribution in [3.05, 3.63) is 110 Å². The van der Waals surface area contributed by atoms with Crippen molar-refractivity contribution in [3.8, 4) is 11.1 Å². The van der Waals surface area contributed by atoms with Crippen molar-refractivity contribution < 1.29 is 0 Å². The fourth-order valence-corrected chi connectivity index (χ4v) is 4.68. The molecule has 0 amide bonds. The Morgan fingerprint density at radius 1 is 0.868 bits per heavy atom. The van der Waals surface area contributed by atoms with Crippen LogP contribution < -0.4 is 16.0 Å². The number of nitrogens with one attached hydrogen (secondary N) is 1. The zero-order valence-corrected chi connectivity index (χ0v) is 23.0. The van der Waals surface area contributed by atoms with Gasteiger partial charge in [-0.25, -0.2) is 4.98 Å². The van der Waals surface area contributed by atoms with E-state index in [0.29, 0.717) is 11.4 Å². The molecular weight excluding hydrogens is 488 g/mol. The summed E-state index contributed by atoms with van der Waals surface area (Å²) in [5, 5.41) is 3.32. The van der Waals surface area contributed by atoms with Gasteiger partial charge in [0.05, 0.1) is 11.9 Å². The molecule has 0 saturated heterocycles. The second kappa shape index (κ2) is 12.4. The lowest BCUT2D eigenvalue weighted by atomic mass is 9.97. The van der Waals surface area contributed by atoms with Crippen LogP contribution in [0.4, 0.5) is 17.2 Å². The molecule has 0 bridgehead atoms. The summed E-state index contributed by atoms with van der Waals surface area (Å²) in [7, 11) is 6.17. The van der Waals surface area contributed by atoms with Crippen molar-refractivity contribution in [3.63, 3.8) is 0 Å². The summed E-state index contributed by atoms with van der Waals surface area (Å²) in [5.74, 6) is 0.917. The lowest BCUT2D eigenvalue weighted by Crippen LogP contribution is -2.28. The van der Waals surface area contributed by atoms with E-state index in [0.717, 1.165) is 51.8 Å². The minimum atomic E-state index is 0.639. The van der Waals surface area contributed by atoms with Crippen molar-refractivity contribution in [2.75, 3.05) is 50.2 Å². The molecule has 0 spiro atoms. The normalized spacial score (nSPS) is 10.8. The second-order valence-electron chi connectivity index (χ2n) is 9.34. The first kappa shape index (κ1) is 27.0. The highest BCUT2D eigenvalue weighted by molar-refractivity contribution is 7.99. The molecule has 0 aliphatic rings. The first-order valence-electron chi connectivity index (χ1n) is 12.4. The molecule has 4 aromatic rings. The van der Waals surface area contributed by atoms with E-state index < -0.39 is 0 Å². The van der Waals surface area contributed by atoms with Crippen molar-refractivity contribution >= 4 is 34.5 Å². The third kappa shape index (κ3) is 7.03. The van der Waals surface area contributed by atoms with Crippen LogP contribution in [0.25, 0.3) is 16.7 Å². The van der Waals surface area contributed by atoms with Crippen LogP contribution in [0.1, 0.15) is 5.56 Å². The summed E-state index contributed by atoms with van der Waals surface area (Å²) in [4.78, 5) is 15.6. The number of anilines is 3. The van der Waals surface area contributed by atoms with Crippen LogP contribution in [0, 0.1) is 0 Å². The molecule has 0 aliphatic heterocycles. The minimum absolute atomic E-state index is 0.639. The Labute approximate surface area is 229 Å². The predicted molar refractivity (Wildman–Crippen MR) is 163 cm³/mol. The van der Waals surface area contributed by atoms with E-state index >= 15 is 0 Å². The van der Waals surface area contributed by atoms with Gasteiger partial charge in [0.25, 0.3) is 0 Å². The highest BCUT2D eigenvalue weighted by Gasteiger charge is 2.12. The molecule has 0 atom stereocenters. The zero-order chi connectivity index (χ0) is 27.1. The van der Waals surface area contributed by atoms with Crippen LogP contribution in [0.2, 0.25) is 0 Å². The highest BCUT2D eigenvalue weighted by atomic mass is 32.2. The number of nitrogens with two attached hydrogens (primary N) is 1. The number of hydrogen-bond acceptors (Lipinski definition) is 7. The summed E-state index contributed by atoms with van der Waals surface area (Å²) < 4.78 is 0. The Bertz CT molecular complexity index is 1400. The topological polar surface area (TPSA) is 70.3 Å². The van der Waals surface area contributed by atoms with Crippen LogP contribution in [0.3, 0.4) is 0 Å². The van der Waals surface area contributed by atoms with E-state index in [1.54, 1.807) is 18.0 Å². The lowest BCUT2D eigenvalue weighted by molar-refractivity contribution is 0.416. The molecule has 2 aromatic heterocycles. The van der Waals surface area contributed by atoms with Gasteiger partial charge < -0.3 is 20.9 Å². The lowest BCUT2D eigenvalue weighted by Gasteiger charge is -2.21. The van der Waals surface area contributed by atoms with Gasteiger partial charge in [-0.15, -0.1) is 0 Å². The van der Waals surface area contributed by atoms with E-state index in [2.05, 4.69) is 70.5 Å². The molecule has 0 saturated carbocycles. The summed E-state index contributed by atoms with van der Waals surface area (Å²) in [6.45, 7) is 10.4. The smallest absolute Gasteiger partial charge is 0.128 e. The number of benzene rings is 2. The van der Waals surface area contributed by atoms with Gasteiger partial charge in [0.2, 0.25) is 0 Å². The molecular formula is C31H34N6S. The molecule has 0 aliphatic carbocycles. The Hall–Kier alpha value is -4.07. The maximum atomic E-state index is 6.36. The van der Waals surface area contributed by atoms with Crippen LogP contribution in [-0.4, -0.2) is 49.1 Å². The van der Waals surface area contributed by atoms with E-state index in [1.807, 2.05) is 68.0 Å². The quantitative estimate of drug-likeness (QED) is 0.172. The van der Waals surface area contributed by atoms with Crippen LogP contribution >= 0.6 is 11.8 Å². The van der Waals surface area contributed by atoms with Crippen LogP contribution in [0.5, 0.6) is 0 Å². The van der Waals surface area contributed by atoms with Crippen molar-refractivity contribution in [2.45, 2.75) is 9.79 Å². The minimum Gasteiger partial charge on any atom is -0.398 e. The molecule has 6 nitrogen and oxygen atoms in total. The van der Waals surface area contributed by atoms with E-state index in [9.17, 15) is 0 Å². The highest BCUT2D eigenvalue weighted by Crippen LogP contribution is 2.33. The molecule has 3 N–H and O–H groups in total. The van der Waals surface area contributed by atoms with Gasteiger partial charge in [-0.1, -0.05) is 49.2 Å². The van der Waals surface area contributed by atoms with E-state index in [4.69, 9.17) is 5.73 Å². The van der Waals surface area contributed by atoms with Gasteiger partial charge in [0.1, 0.15) is 5.82 Å². The molecule has 7 heteroatoms. The second-order valence-corrected chi connectivity index (χ2v) is 10.5. The monoisotopic (exact) mass is 522 g/mol. The average molecular weight is 523 g/mol. The number of allylic oxidation sites excluding steroid dienone is 1. The van der Waals surface area contributed by atoms with Gasteiger partial charge in [-0.2, -0.15) is 0 Å². The number of likely N-dealkylation sites (N-methyl/N-ethyl adjacent to an activating group) is 2. The third-order valence-corrected chi connectivity index (χ3v) is 7.05. The molecule has 4 rings (SSSR count).